The van der Waals surface area contributed by atoms with Crippen LogP contribution in [0, 0.1) is 5.92 Å². The van der Waals surface area contributed by atoms with E-state index < -0.39 is 36.2 Å². The third kappa shape index (κ3) is 16.5. The highest BCUT2D eigenvalue weighted by Gasteiger charge is 2.60. The molecule has 1 heterocycles. The normalized spacial score (nSPS) is 23.2. The lowest BCUT2D eigenvalue weighted by molar-refractivity contribution is -0.229. The fourth-order valence-electron chi connectivity index (χ4n) is 10.7. The molecule has 0 amide bonds. The lowest BCUT2D eigenvalue weighted by atomic mass is 9.79. The summed E-state index contributed by atoms with van der Waals surface area (Å²) >= 11 is 0. The molecule has 0 N–H and O–H groups in total. The summed E-state index contributed by atoms with van der Waals surface area (Å²) in [5.41, 5.74) is 14.5. The van der Waals surface area contributed by atoms with Crippen LogP contribution in [0.25, 0.3) is 10.4 Å². The summed E-state index contributed by atoms with van der Waals surface area (Å²) in [6, 6.07) is 40.2. The van der Waals surface area contributed by atoms with Crippen LogP contribution in [0.15, 0.2) is 126 Å². The molecule has 0 radical (unpaired) electrons. The van der Waals surface area contributed by atoms with E-state index >= 15 is 0 Å². The molecule has 3 aliphatic rings. The summed E-state index contributed by atoms with van der Waals surface area (Å²) in [4.78, 5) is 3.45. The molecule has 3 fully saturated rings. The van der Waals surface area contributed by atoms with Gasteiger partial charge in [-0.15, -0.1) is 0 Å². The molecule has 1 saturated heterocycles. The van der Waals surface area contributed by atoms with Gasteiger partial charge in [-0.1, -0.05) is 224 Å². The first-order valence-electron chi connectivity index (χ1n) is 26.7. The lowest BCUT2D eigenvalue weighted by Gasteiger charge is -2.46. The van der Waals surface area contributed by atoms with Crippen LogP contribution in [0.1, 0.15) is 152 Å². The van der Waals surface area contributed by atoms with Crippen molar-refractivity contribution < 1.29 is 33.2 Å². The summed E-state index contributed by atoms with van der Waals surface area (Å²) in [6.45, 7) is 6.04. The predicted octanol–water partition coefficient (Wildman–Crippen LogP) is 14.6. The number of rotatable bonds is 31. The van der Waals surface area contributed by atoms with Gasteiger partial charge in [0.15, 0.2) is 5.79 Å². The molecule has 9 atom stereocenters. The molecular formula is C59H81N3O7. The first-order valence-corrected chi connectivity index (χ1v) is 26.7. The van der Waals surface area contributed by atoms with Crippen molar-refractivity contribution in [1.82, 2.24) is 0 Å². The molecule has 0 bridgehead atoms. The molecule has 2 saturated carbocycles. The van der Waals surface area contributed by atoms with E-state index in [2.05, 4.69) is 72.4 Å². The molecule has 7 rings (SSSR count). The van der Waals surface area contributed by atoms with E-state index in [1.807, 2.05) is 72.8 Å². The van der Waals surface area contributed by atoms with Gasteiger partial charge in [0.25, 0.3) is 0 Å². The zero-order valence-electron chi connectivity index (χ0n) is 41.7. The second-order valence-electron chi connectivity index (χ2n) is 19.9. The SMILES string of the molecule is CCCCCCCCCCCCCC[C@@H](OCc1ccccc1)[C@@H](OCc1ccccc1)[C@H](CO[C@H]1C(C)C2OC3(CCCCC3)O[C@@H]2[C@@H](OCc2ccccc2)C1OCc1ccccc1)N=[N+]=[N-]. The fraction of sp³-hybridized carbons (Fsp3) is 0.593. The van der Waals surface area contributed by atoms with Gasteiger partial charge < -0.3 is 33.2 Å². The predicted molar refractivity (Wildman–Crippen MR) is 273 cm³/mol. The Hall–Kier alpha value is -4.09. The summed E-state index contributed by atoms with van der Waals surface area (Å²) < 4.78 is 49.2. The highest BCUT2D eigenvalue weighted by atomic mass is 16.8. The highest BCUT2D eigenvalue weighted by Crippen LogP contribution is 2.48. The van der Waals surface area contributed by atoms with Crippen molar-refractivity contribution >= 4 is 0 Å². The minimum Gasteiger partial charge on any atom is -0.374 e. The largest absolute Gasteiger partial charge is 0.374 e. The summed E-state index contributed by atoms with van der Waals surface area (Å²) in [7, 11) is 0. The smallest absolute Gasteiger partial charge is 0.169 e. The van der Waals surface area contributed by atoms with Crippen LogP contribution in [0.3, 0.4) is 0 Å². The molecule has 1 spiro atoms. The van der Waals surface area contributed by atoms with Crippen LogP contribution in [-0.4, -0.2) is 61.2 Å². The molecule has 69 heavy (non-hydrogen) atoms. The van der Waals surface area contributed by atoms with E-state index in [4.69, 9.17) is 33.2 Å². The van der Waals surface area contributed by atoms with Gasteiger partial charge in [-0.2, -0.15) is 0 Å². The minimum atomic E-state index is -0.717. The van der Waals surface area contributed by atoms with Gasteiger partial charge in [-0.25, -0.2) is 0 Å². The van der Waals surface area contributed by atoms with Crippen molar-refractivity contribution in [2.24, 2.45) is 11.0 Å². The van der Waals surface area contributed by atoms with Crippen molar-refractivity contribution in [2.75, 3.05) is 6.61 Å². The van der Waals surface area contributed by atoms with Gasteiger partial charge in [0, 0.05) is 23.7 Å². The van der Waals surface area contributed by atoms with Gasteiger partial charge in [0.1, 0.15) is 18.3 Å². The Morgan fingerprint density at radius 1 is 0.551 bits per heavy atom. The maximum Gasteiger partial charge on any atom is 0.169 e. The lowest BCUT2D eigenvalue weighted by Crippen LogP contribution is -2.62. The van der Waals surface area contributed by atoms with Crippen LogP contribution in [0.4, 0.5) is 0 Å². The Kier molecular flexibility index (Phi) is 22.4. The third-order valence-corrected chi connectivity index (χ3v) is 14.6. The fourth-order valence-corrected chi connectivity index (χ4v) is 10.7. The number of fused-ring (bicyclic) bond motifs is 1. The molecule has 1 aliphatic heterocycles. The van der Waals surface area contributed by atoms with Crippen molar-refractivity contribution in [2.45, 2.75) is 210 Å². The highest BCUT2D eigenvalue weighted by molar-refractivity contribution is 5.17. The first kappa shape index (κ1) is 52.7. The molecule has 3 unspecified atom stereocenters. The van der Waals surface area contributed by atoms with Crippen molar-refractivity contribution in [3.63, 3.8) is 0 Å². The van der Waals surface area contributed by atoms with Gasteiger partial charge in [-0.05, 0) is 47.0 Å². The van der Waals surface area contributed by atoms with Crippen LogP contribution < -0.4 is 0 Å². The molecule has 2 aliphatic carbocycles. The number of ether oxygens (including phenoxy) is 7. The standard InChI is InChI=1S/C59H81N3O7/c1-3-4-5-6-7-8-9-10-11-12-13-27-38-52(63-41-47-30-19-14-20-31-47)55(64-42-48-32-21-15-22-33-48)51(61-62-60)45-67-53-46(2)54-58(69-59(68-54)39-28-18-29-40-59)57(66-44-50-36-25-17-26-37-50)56(53)65-43-49-34-23-16-24-35-49/h14-17,19-26,30-37,46,51-58H,3-13,18,27-29,38-45H2,1-2H3/t46?,51-,52+,53-,54?,55-,56?,57-,58-/m0/s1. The molecule has 4 aromatic rings. The Morgan fingerprint density at radius 3 is 1.54 bits per heavy atom. The summed E-state index contributed by atoms with van der Waals surface area (Å²) in [5.74, 6) is -0.800. The van der Waals surface area contributed by atoms with Crippen LogP contribution >= 0.6 is 0 Å². The maximum atomic E-state index is 10.3. The third-order valence-electron chi connectivity index (χ3n) is 14.6. The number of hydrogen-bond acceptors (Lipinski definition) is 8. The average molecular weight is 944 g/mol. The van der Waals surface area contributed by atoms with E-state index in [-0.39, 0.29) is 30.8 Å². The van der Waals surface area contributed by atoms with Crippen LogP contribution in [-0.2, 0) is 59.6 Å². The van der Waals surface area contributed by atoms with Crippen LogP contribution in [0.5, 0.6) is 0 Å². The number of benzene rings is 4. The molecule has 374 valence electrons. The zero-order valence-corrected chi connectivity index (χ0v) is 41.7. The quantitative estimate of drug-likeness (QED) is 0.0214. The maximum absolute atomic E-state index is 10.3. The Balaban J connectivity index is 1.13. The summed E-state index contributed by atoms with van der Waals surface area (Å²) in [5, 5.41) is 4.50. The second kappa shape index (κ2) is 29.3. The van der Waals surface area contributed by atoms with Crippen molar-refractivity contribution in [1.29, 1.82) is 0 Å². The number of unbranched alkanes of at least 4 members (excludes halogenated alkanes) is 11. The average Bonchev–Trinajstić information content (AvgIpc) is 3.76. The Labute approximate surface area is 413 Å². The van der Waals surface area contributed by atoms with Gasteiger partial charge in [0.05, 0.1) is 63.5 Å². The van der Waals surface area contributed by atoms with Crippen molar-refractivity contribution in [3.05, 3.63) is 154 Å². The van der Waals surface area contributed by atoms with E-state index in [1.165, 1.54) is 70.6 Å². The van der Waals surface area contributed by atoms with Crippen LogP contribution in [0.2, 0.25) is 0 Å². The number of nitrogens with zero attached hydrogens (tertiary/aromatic N) is 3. The van der Waals surface area contributed by atoms with Gasteiger partial charge in [0.2, 0.25) is 0 Å². The minimum absolute atomic E-state index is 0.0855. The molecule has 0 aromatic heterocycles. The van der Waals surface area contributed by atoms with Gasteiger partial charge >= 0.3 is 0 Å². The van der Waals surface area contributed by atoms with E-state index in [0.717, 1.165) is 67.2 Å². The Morgan fingerprint density at radius 2 is 1.01 bits per heavy atom. The number of azide groups is 1. The molecule has 4 aromatic carbocycles. The second-order valence-corrected chi connectivity index (χ2v) is 19.9. The first-order chi connectivity index (χ1) is 34.1. The Bertz CT molecular complexity index is 2020. The summed E-state index contributed by atoms with van der Waals surface area (Å²) in [6.07, 6.45) is 17.8. The van der Waals surface area contributed by atoms with E-state index in [9.17, 15) is 5.53 Å². The van der Waals surface area contributed by atoms with E-state index in [1.54, 1.807) is 0 Å². The van der Waals surface area contributed by atoms with E-state index in [0.29, 0.717) is 26.4 Å². The van der Waals surface area contributed by atoms with Crippen molar-refractivity contribution in [3.8, 4) is 0 Å². The topological polar surface area (TPSA) is 113 Å². The molecular weight excluding hydrogens is 863 g/mol. The molecule has 10 nitrogen and oxygen atoms in total. The van der Waals surface area contributed by atoms with Gasteiger partial charge in [-0.3, -0.25) is 0 Å². The molecule has 10 heteroatoms. The number of hydrogen-bond donors (Lipinski definition) is 0. The zero-order chi connectivity index (χ0) is 47.8. The monoisotopic (exact) mass is 944 g/mol.